The van der Waals surface area contributed by atoms with Gasteiger partial charge in [0.2, 0.25) is 0 Å². The Morgan fingerprint density at radius 3 is 2.85 bits per heavy atom. The first kappa shape index (κ1) is 12.8. The number of Topliss-reactive ketones (excluding diaryl/α,β-unsaturated/α-hetero) is 1. The van der Waals surface area contributed by atoms with E-state index in [1.54, 1.807) is 6.20 Å². The highest BCUT2D eigenvalue weighted by atomic mass is 35.5. The van der Waals surface area contributed by atoms with E-state index in [9.17, 15) is 4.79 Å². The number of halogens is 1. The van der Waals surface area contributed by atoms with Crippen molar-refractivity contribution in [1.29, 1.82) is 0 Å². The van der Waals surface area contributed by atoms with Gasteiger partial charge in [-0.15, -0.1) is 0 Å². The Kier molecular flexibility index (Phi) is 3.03. The maximum Gasteiger partial charge on any atom is 0.174 e. The number of rotatable bonds is 2. The third-order valence-corrected chi connectivity index (χ3v) is 3.39. The number of aryl methyl sites for hydroxylation is 1. The molecule has 0 aliphatic rings. The maximum absolute atomic E-state index is 11.9. The molecule has 5 heteroatoms. The molecule has 0 spiro atoms. The lowest BCUT2D eigenvalue weighted by Crippen LogP contribution is -2.03. The minimum atomic E-state index is -0.0532. The third-order valence-electron chi connectivity index (χ3n) is 3.12. The lowest BCUT2D eigenvalue weighted by Gasteiger charge is -2.08. The Morgan fingerprint density at radius 2 is 2.15 bits per heavy atom. The molecule has 0 aliphatic carbocycles. The van der Waals surface area contributed by atoms with Gasteiger partial charge in [-0.05, 0) is 19.9 Å². The topological polar surface area (TPSA) is 47.3 Å². The molecule has 0 saturated carbocycles. The van der Waals surface area contributed by atoms with E-state index in [0.29, 0.717) is 21.9 Å². The van der Waals surface area contributed by atoms with E-state index in [-0.39, 0.29) is 5.78 Å². The molecule has 0 fully saturated rings. The molecular weight excluding hydrogens is 274 g/mol. The van der Waals surface area contributed by atoms with Gasteiger partial charge in [0.05, 0.1) is 17.5 Å². The fourth-order valence-corrected chi connectivity index (χ4v) is 2.33. The lowest BCUT2D eigenvalue weighted by molar-refractivity contribution is 0.101. The Morgan fingerprint density at radius 1 is 1.35 bits per heavy atom. The molecule has 4 nitrogen and oxygen atoms in total. The molecular formula is C15H12ClN3O. The summed E-state index contributed by atoms with van der Waals surface area (Å²) in [6.45, 7) is 3.52. The average Bonchev–Trinajstić information content (AvgIpc) is 2.78. The van der Waals surface area contributed by atoms with Crippen molar-refractivity contribution >= 4 is 23.0 Å². The van der Waals surface area contributed by atoms with Crippen molar-refractivity contribution in [3.8, 4) is 11.3 Å². The number of nitrogens with zero attached hydrogens (tertiary/aromatic N) is 3. The Bertz CT molecular complexity index is 823. The van der Waals surface area contributed by atoms with E-state index in [1.165, 1.54) is 17.6 Å². The van der Waals surface area contributed by atoms with Gasteiger partial charge >= 0.3 is 0 Å². The zero-order valence-electron chi connectivity index (χ0n) is 11.1. The number of carbonyl (C=O) groups is 1. The van der Waals surface area contributed by atoms with E-state index in [4.69, 9.17) is 11.6 Å². The highest BCUT2D eigenvalue weighted by molar-refractivity contribution is 6.33. The summed E-state index contributed by atoms with van der Waals surface area (Å²) in [7, 11) is 0. The predicted molar refractivity (Wildman–Crippen MR) is 78.2 cm³/mol. The number of carbonyl (C=O) groups excluding carboxylic acids is 1. The van der Waals surface area contributed by atoms with Gasteiger partial charge in [-0.2, -0.15) is 5.10 Å². The van der Waals surface area contributed by atoms with Crippen molar-refractivity contribution in [3.05, 3.63) is 52.8 Å². The molecule has 3 aromatic rings. The van der Waals surface area contributed by atoms with Crippen LogP contribution in [0.2, 0.25) is 5.02 Å². The van der Waals surface area contributed by atoms with Crippen LogP contribution in [0.5, 0.6) is 0 Å². The molecule has 0 unspecified atom stereocenters. The summed E-state index contributed by atoms with van der Waals surface area (Å²) in [5, 5.41) is 4.55. The van der Waals surface area contributed by atoms with Crippen molar-refractivity contribution in [2.24, 2.45) is 0 Å². The van der Waals surface area contributed by atoms with Crippen LogP contribution in [-0.2, 0) is 0 Å². The summed E-state index contributed by atoms with van der Waals surface area (Å²) >= 11 is 6.06. The molecule has 0 radical (unpaired) electrons. The van der Waals surface area contributed by atoms with Gasteiger partial charge in [0, 0.05) is 11.8 Å². The van der Waals surface area contributed by atoms with Crippen LogP contribution in [0.15, 0.2) is 36.7 Å². The fraction of sp³-hybridized carbons (Fsp3) is 0.133. The van der Waals surface area contributed by atoms with Gasteiger partial charge in [0.15, 0.2) is 11.4 Å². The number of benzene rings is 1. The maximum atomic E-state index is 11.9. The Labute approximate surface area is 121 Å². The van der Waals surface area contributed by atoms with E-state index in [0.717, 1.165) is 11.1 Å². The molecule has 0 atom stereocenters. The van der Waals surface area contributed by atoms with Gasteiger partial charge in [-0.1, -0.05) is 35.4 Å². The smallest absolute Gasteiger partial charge is 0.174 e. The van der Waals surface area contributed by atoms with E-state index in [2.05, 4.69) is 10.1 Å². The molecule has 3 rings (SSSR count). The summed E-state index contributed by atoms with van der Waals surface area (Å²) in [6, 6.07) is 7.87. The van der Waals surface area contributed by atoms with Crippen LogP contribution in [0.25, 0.3) is 16.9 Å². The first-order valence-corrected chi connectivity index (χ1v) is 6.56. The molecule has 20 heavy (non-hydrogen) atoms. The summed E-state index contributed by atoms with van der Waals surface area (Å²) in [5.74, 6) is -0.0532. The van der Waals surface area contributed by atoms with Crippen LogP contribution in [-0.4, -0.2) is 20.4 Å². The molecule has 100 valence electrons. The van der Waals surface area contributed by atoms with Gasteiger partial charge < -0.3 is 0 Å². The molecule has 0 N–H and O–H groups in total. The van der Waals surface area contributed by atoms with E-state index in [1.807, 2.05) is 31.2 Å². The minimum absolute atomic E-state index is 0.0532. The second kappa shape index (κ2) is 4.72. The number of hydrogen-bond acceptors (Lipinski definition) is 3. The normalized spacial score (nSPS) is 10.9. The molecule has 2 heterocycles. The van der Waals surface area contributed by atoms with Crippen molar-refractivity contribution in [2.45, 2.75) is 13.8 Å². The van der Waals surface area contributed by atoms with Gasteiger partial charge in [-0.3, -0.25) is 4.79 Å². The highest BCUT2D eigenvalue weighted by Gasteiger charge is 2.15. The predicted octanol–water partition coefficient (Wildman–Crippen LogP) is 3.56. The van der Waals surface area contributed by atoms with Crippen molar-refractivity contribution < 1.29 is 4.79 Å². The second-order valence-corrected chi connectivity index (χ2v) is 5.10. The molecule has 0 aliphatic heterocycles. The van der Waals surface area contributed by atoms with E-state index >= 15 is 0 Å². The fourth-order valence-electron chi connectivity index (χ4n) is 2.15. The molecule has 0 saturated heterocycles. The van der Waals surface area contributed by atoms with Crippen LogP contribution in [0.1, 0.15) is 22.8 Å². The molecule has 1 aromatic carbocycles. The SMILES string of the molecule is CC(=O)c1cn2ncc(Cl)c2nc1-c1cccc(C)c1. The van der Waals surface area contributed by atoms with Crippen LogP contribution >= 0.6 is 11.6 Å². The Balaban J connectivity index is 2.34. The number of ketones is 1. The zero-order chi connectivity index (χ0) is 14.3. The first-order valence-electron chi connectivity index (χ1n) is 6.18. The summed E-state index contributed by atoms with van der Waals surface area (Å²) in [5.41, 5.74) is 3.72. The summed E-state index contributed by atoms with van der Waals surface area (Å²) in [4.78, 5) is 16.4. The molecule has 2 aromatic heterocycles. The minimum Gasteiger partial charge on any atom is -0.294 e. The monoisotopic (exact) mass is 285 g/mol. The highest BCUT2D eigenvalue weighted by Crippen LogP contribution is 2.26. The van der Waals surface area contributed by atoms with Gasteiger partial charge in [0.25, 0.3) is 0 Å². The standard InChI is InChI=1S/C15H12ClN3O/c1-9-4-3-5-11(6-9)14-12(10(2)20)8-19-15(18-14)13(16)7-17-19/h3-8H,1-2H3. The van der Waals surface area contributed by atoms with Crippen LogP contribution in [0.3, 0.4) is 0 Å². The molecule has 0 bridgehead atoms. The van der Waals surface area contributed by atoms with Crippen molar-refractivity contribution in [2.75, 3.05) is 0 Å². The van der Waals surface area contributed by atoms with Gasteiger partial charge in [0.1, 0.15) is 5.02 Å². The van der Waals surface area contributed by atoms with Crippen molar-refractivity contribution in [1.82, 2.24) is 14.6 Å². The van der Waals surface area contributed by atoms with E-state index < -0.39 is 0 Å². The average molecular weight is 286 g/mol. The number of hydrogen-bond donors (Lipinski definition) is 0. The zero-order valence-corrected chi connectivity index (χ0v) is 11.8. The van der Waals surface area contributed by atoms with Crippen LogP contribution in [0.4, 0.5) is 0 Å². The van der Waals surface area contributed by atoms with Crippen LogP contribution < -0.4 is 0 Å². The largest absolute Gasteiger partial charge is 0.294 e. The summed E-state index contributed by atoms with van der Waals surface area (Å²) in [6.07, 6.45) is 3.20. The number of fused-ring (bicyclic) bond motifs is 1. The number of aromatic nitrogens is 3. The molecule has 0 amide bonds. The first-order chi connectivity index (χ1) is 9.56. The second-order valence-electron chi connectivity index (χ2n) is 4.69. The van der Waals surface area contributed by atoms with Crippen LogP contribution in [0, 0.1) is 6.92 Å². The summed E-state index contributed by atoms with van der Waals surface area (Å²) < 4.78 is 1.53. The van der Waals surface area contributed by atoms with Gasteiger partial charge in [-0.25, -0.2) is 9.50 Å². The quantitative estimate of drug-likeness (QED) is 0.676. The van der Waals surface area contributed by atoms with Crippen molar-refractivity contribution in [3.63, 3.8) is 0 Å². The third kappa shape index (κ3) is 2.08. The Hall–Kier alpha value is -2.20. The lowest BCUT2D eigenvalue weighted by atomic mass is 10.0.